The monoisotopic (exact) mass is 246 g/mol. The summed E-state index contributed by atoms with van der Waals surface area (Å²) in [7, 11) is 0. The maximum Gasteiger partial charge on any atom is 0.417 e. The van der Waals surface area contributed by atoms with Crippen LogP contribution in [0, 0.1) is 5.92 Å². The van der Waals surface area contributed by atoms with Crippen LogP contribution in [0.15, 0.2) is 18.3 Å². The Hall–Kier alpha value is -1.79. The molecule has 2 rings (SSSR count). The van der Waals surface area contributed by atoms with Crippen LogP contribution in [0.2, 0.25) is 0 Å². The second-order valence-electron chi connectivity index (χ2n) is 3.84. The van der Waals surface area contributed by atoms with Gasteiger partial charge in [-0.2, -0.15) is 13.2 Å². The molecule has 1 aromatic rings. The van der Waals surface area contributed by atoms with Crippen molar-refractivity contribution in [3.63, 3.8) is 0 Å². The van der Waals surface area contributed by atoms with E-state index in [0.29, 0.717) is 5.82 Å². The molecule has 0 spiro atoms. The highest BCUT2D eigenvalue weighted by molar-refractivity contribution is 5.74. The summed E-state index contributed by atoms with van der Waals surface area (Å²) in [6, 6.07) is 2.19. The molecule has 7 heteroatoms. The van der Waals surface area contributed by atoms with Crippen molar-refractivity contribution in [1.29, 1.82) is 0 Å². The normalized spacial score (nSPS) is 16.8. The number of carboxylic acid groups (broad SMARTS) is 1. The summed E-state index contributed by atoms with van der Waals surface area (Å²) < 4.78 is 36.8. The summed E-state index contributed by atoms with van der Waals surface area (Å²) in [4.78, 5) is 15.8. The molecule has 4 nitrogen and oxygen atoms in total. The van der Waals surface area contributed by atoms with Crippen molar-refractivity contribution in [3.8, 4) is 0 Å². The zero-order chi connectivity index (χ0) is 12.6. The lowest BCUT2D eigenvalue weighted by Gasteiger charge is -2.37. The third-order valence-electron chi connectivity index (χ3n) is 2.63. The van der Waals surface area contributed by atoms with Crippen molar-refractivity contribution in [2.45, 2.75) is 6.18 Å². The number of nitrogens with zero attached hydrogens (tertiary/aromatic N) is 2. The molecule has 0 atom stereocenters. The summed E-state index contributed by atoms with van der Waals surface area (Å²) in [6.07, 6.45) is -3.65. The average Bonchev–Trinajstić information content (AvgIpc) is 2.14. The van der Waals surface area contributed by atoms with E-state index >= 15 is 0 Å². The number of rotatable bonds is 2. The first-order valence-corrected chi connectivity index (χ1v) is 4.89. The quantitative estimate of drug-likeness (QED) is 0.861. The molecule has 2 heterocycles. The lowest BCUT2D eigenvalue weighted by atomic mass is 10.0. The van der Waals surface area contributed by atoms with Gasteiger partial charge in [0.1, 0.15) is 5.82 Å². The molecule has 1 saturated heterocycles. The summed E-state index contributed by atoms with van der Waals surface area (Å²) in [5.41, 5.74) is -0.809. The Labute approximate surface area is 94.7 Å². The average molecular weight is 246 g/mol. The standard InChI is InChI=1S/C10H9F3N2O2/c11-10(12,13)7-1-2-8(14-3-7)15-4-6(5-15)9(16)17/h1-3,6H,4-5H2,(H,16,17). The Morgan fingerprint density at radius 2 is 2.06 bits per heavy atom. The summed E-state index contributed by atoms with van der Waals surface area (Å²) in [5, 5.41) is 8.65. The first-order chi connectivity index (χ1) is 7.88. The molecule has 1 N–H and O–H groups in total. The molecule has 1 fully saturated rings. The number of hydrogen-bond acceptors (Lipinski definition) is 3. The third kappa shape index (κ3) is 2.32. The number of anilines is 1. The minimum Gasteiger partial charge on any atom is -0.481 e. The number of pyridine rings is 1. The molecule has 0 aromatic carbocycles. The third-order valence-corrected chi connectivity index (χ3v) is 2.63. The van der Waals surface area contributed by atoms with Crippen LogP contribution in [0.4, 0.5) is 19.0 Å². The molecule has 0 unspecified atom stereocenters. The second kappa shape index (κ2) is 3.90. The number of carboxylic acids is 1. The first kappa shape index (κ1) is 11.7. The van der Waals surface area contributed by atoms with Gasteiger partial charge < -0.3 is 10.0 Å². The highest BCUT2D eigenvalue weighted by Gasteiger charge is 2.34. The Morgan fingerprint density at radius 1 is 1.41 bits per heavy atom. The van der Waals surface area contributed by atoms with E-state index in [9.17, 15) is 18.0 Å². The summed E-state index contributed by atoms with van der Waals surface area (Å²) >= 11 is 0. The van der Waals surface area contributed by atoms with Crippen LogP contribution in [-0.2, 0) is 11.0 Å². The van der Waals surface area contributed by atoms with Crippen LogP contribution in [0.3, 0.4) is 0 Å². The van der Waals surface area contributed by atoms with Crippen LogP contribution >= 0.6 is 0 Å². The van der Waals surface area contributed by atoms with Crippen molar-refractivity contribution < 1.29 is 23.1 Å². The molecule has 1 aliphatic heterocycles. The molecule has 0 aliphatic carbocycles. The van der Waals surface area contributed by atoms with E-state index < -0.39 is 23.6 Å². The van der Waals surface area contributed by atoms with Crippen molar-refractivity contribution in [2.75, 3.05) is 18.0 Å². The topological polar surface area (TPSA) is 53.4 Å². The smallest absolute Gasteiger partial charge is 0.417 e. The highest BCUT2D eigenvalue weighted by atomic mass is 19.4. The lowest BCUT2D eigenvalue weighted by molar-refractivity contribution is -0.142. The minimum absolute atomic E-state index is 0.285. The van der Waals surface area contributed by atoms with Gasteiger partial charge in [-0.1, -0.05) is 0 Å². The number of alkyl halides is 3. The molecule has 0 bridgehead atoms. The fourth-order valence-electron chi connectivity index (χ4n) is 1.56. The predicted molar refractivity (Wildman–Crippen MR) is 52.6 cm³/mol. The van der Waals surface area contributed by atoms with Gasteiger partial charge in [0.05, 0.1) is 11.5 Å². The molecule has 1 aliphatic rings. The van der Waals surface area contributed by atoms with Crippen LogP contribution in [0.25, 0.3) is 0 Å². The van der Waals surface area contributed by atoms with Crippen LogP contribution < -0.4 is 4.90 Å². The first-order valence-electron chi connectivity index (χ1n) is 4.89. The number of hydrogen-bond donors (Lipinski definition) is 1. The van der Waals surface area contributed by atoms with Gasteiger partial charge in [-0.25, -0.2) is 4.98 Å². The number of aromatic nitrogens is 1. The van der Waals surface area contributed by atoms with Gasteiger partial charge in [0.2, 0.25) is 0 Å². The fourth-order valence-corrected chi connectivity index (χ4v) is 1.56. The lowest BCUT2D eigenvalue weighted by Crippen LogP contribution is -2.50. The Balaban J connectivity index is 2.03. The fraction of sp³-hybridized carbons (Fsp3) is 0.400. The molecule has 0 radical (unpaired) electrons. The van der Waals surface area contributed by atoms with E-state index in [4.69, 9.17) is 5.11 Å². The van der Waals surface area contributed by atoms with Gasteiger partial charge in [0, 0.05) is 19.3 Å². The van der Waals surface area contributed by atoms with E-state index in [2.05, 4.69) is 4.98 Å². The molecular formula is C10H9F3N2O2. The van der Waals surface area contributed by atoms with Crippen molar-refractivity contribution in [1.82, 2.24) is 4.98 Å². The van der Waals surface area contributed by atoms with E-state index in [1.54, 1.807) is 4.90 Å². The van der Waals surface area contributed by atoms with Gasteiger partial charge in [0.25, 0.3) is 0 Å². The molecular weight excluding hydrogens is 237 g/mol. The Morgan fingerprint density at radius 3 is 2.47 bits per heavy atom. The van der Waals surface area contributed by atoms with Gasteiger partial charge >= 0.3 is 12.1 Å². The zero-order valence-electron chi connectivity index (χ0n) is 8.61. The van der Waals surface area contributed by atoms with E-state index in [0.717, 1.165) is 12.3 Å². The molecule has 0 amide bonds. The largest absolute Gasteiger partial charge is 0.481 e. The van der Waals surface area contributed by atoms with Gasteiger partial charge in [-0.3, -0.25) is 4.79 Å². The van der Waals surface area contributed by atoms with Crippen LogP contribution in [-0.4, -0.2) is 29.1 Å². The van der Waals surface area contributed by atoms with E-state index in [1.165, 1.54) is 6.07 Å². The van der Waals surface area contributed by atoms with E-state index in [-0.39, 0.29) is 13.1 Å². The molecule has 0 saturated carbocycles. The number of carbonyl (C=O) groups is 1. The number of halogens is 3. The van der Waals surface area contributed by atoms with Crippen LogP contribution in [0.5, 0.6) is 0 Å². The zero-order valence-corrected chi connectivity index (χ0v) is 8.61. The molecule has 17 heavy (non-hydrogen) atoms. The summed E-state index contributed by atoms with van der Waals surface area (Å²) in [6.45, 7) is 0.571. The van der Waals surface area contributed by atoms with Crippen molar-refractivity contribution in [3.05, 3.63) is 23.9 Å². The molecule has 1 aromatic heterocycles. The van der Waals surface area contributed by atoms with Gasteiger partial charge in [0.15, 0.2) is 0 Å². The number of aliphatic carboxylic acids is 1. The van der Waals surface area contributed by atoms with E-state index in [1.807, 2.05) is 0 Å². The molecule has 92 valence electrons. The van der Waals surface area contributed by atoms with Gasteiger partial charge in [-0.15, -0.1) is 0 Å². The van der Waals surface area contributed by atoms with Crippen molar-refractivity contribution >= 4 is 11.8 Å². The van der Waals surface area contributed by atoms with Gasteiger partial charge in [-0.05, 0) is 12.1 Å². The Bertz CT molecular complexity index is 424. The SMILES string of the molecule is O=C(O)C1CN(c2ccc(C(F)(F)F)cn2)C1. The highest BCUT2D eigenvalue weighted by Crippen LogP contribution is 2.30. The van der Waals surface area contributed by atoms with Crippen LogP contribution in [0.1, 0.15) is 5.56 Å². The predicted octanol–water partition coefficient (Wildman–Crippen LogP) is 1.62. The summed E-state index contributed by atoms with van der Waals surface area (Å²) in [5.74, 6) is -0.984. The van der Waals surface area contributed by atoms with Crippen molar-refractivity contribution in [2.24, 2.45) is 5.92 Å². The minimum atomic E-state index is -4.40. The Kier molecular flexibility index (Phi) is 2.68. The maximum absolute atomic E-state index is 12.3. The maximum atomic E-state index is 12.3. The second-order valence-corrected chi connectivity index (χ2v) is 3.84.